The van der Waals surface area contributed by atoms with Gasteiger partial charge in [-0.25, -0.2) is 0 Å². The fourth-order valence-corrected chi connectivity index (χ4v) is 2.70. The molecule has 3 nitrogen and oxygen atoms in total. The fraction of sp³-hybridized carbons (Fsp3) is 0.294. The van der Waals surface area contributed by atoms with Crippen LogP contribution < -0.4 is 15.8 Å². The molecule has 1 aliphatic heterocycles. The van der Waals surface area contributed by atoms with Crippen LogP contribution in [0, 0.1) is 0 Å². The van der Waals surface area contributed by atoms with Crippen molar-refractivity contribution in [3.8, 4) is 5.75 Å². The van der Waals surface area contributed by atoms with Crippen LogP contribution >= 0.6 is 0 Å². The predicted octanol–water partition coefficient (Wildman–Crippen LogP) is 2.41. The van der Waals surface area contributed by atoms with Gasteiger partial charge < -0.3 is 15.8 Å². The number of benzene rings is 2. The molecule has 0 radical (unpaired) electrons. The Balaban J connectivity index is 1.77. The van der Waals surface area contributed by atoms with Crippen LogP contribution in [0.3, 0.4) is 0 Å². The van der Waals surface area contributed by atoms with Crippen LogP contribution in [0.15, 0.2) is 48.5 Å². The Kier molecular flexibility index (Phi) is 4.00. The first kappa shape index (κ1) is 13.2. The van der Waals surface area contributed by atoms with Gasteiger partial charge >= 0.3 is 0 Å². The van der Waals surface area contributed by atoms with E-state index in [0.717, 1.165) is 18.7 Å². The lowest BCUT2D eigenvalue weighted by Gasteiger charge is -2.13. The van der Waals surface area contributed by atoms with E-state index in [9.17, 15) is 0 Å². The third-order valence-corrected chi connectivity index (χ3v) is 3.70. The zero-order valence-corrected chi connectivity index (χ0v) is 11.5. The second kappa shape index (κ2) is 6.07. The molecule has 0 aromatic heterocycles. The largest absolute Gasteiger partial charge is 0.492 e. The normalized spacial score (nSPS) is 16.9. The Hall–Kier alpha value is -1.84. The first-order chi connectivity index (χ1) is 9.86. The van der Waals surface area contributed by atoms with Crippen molar-refractivity contribution >= 4 is 0 Å². The summed E-state index contributed by atoms with van der Waals surface area (Å²) >= 11 is 0. The quantitative estimate of drug-likeness (QED) is 0.875. The number of rotatable bonds is 5. The van der Waals surface area contributed by atoms with Crippen molar-refractivity contribution in [3.63, 3.8) is 0 Å². The summed E-state index contributed by atoms with van der Waals surface area (Å²) in [5, 5.41) is 3.57. The van der Waals surface area contributed by atoms with E-state index < -0.39 is 0 Å². The third-order valence-electron chi connectivity index (χ3n) is 3.70. The predicted molar refractivity (Wildman–Crippen MR) is 80.7 cm³/mol. The van der Waals surface area contributed by atoms with E-state index in [1.807, 2.05) is 6.07 Å². The minimum Gasteiger partial charge on any atom is -0.492 e. The van der Waals surface area contributed by atoms with Crippen LogP contribution in [0.2, 0.25) is 0 Å². The molecule has 2 aromatic rings. The molecule has 0 amide bonds. The molecule has 0 saturated carbocycles. The van der Waals surface area contributed by atoms with E-state index >= 15 is 0 Å². The van der Waals surface area contributed by atoms with Crippen LogP contribution in [0.1, 0.15) is 22.7 Å². The van der Waals surface area contributed by atoms with Gasteiger partial charge in [0.25, 0.3) is 0 Å². The van der Waals surface area contributed by atoms with Crippen LogP contribution in [0.4, 0.5) is 0 Å². The number of fused-ring (bicyclic) bond motifs is 1. The summed E-state index contributed by atoms with van der Waals surface area (Å²) in [6, 6.07) is 17.3. The Morgan fingerprint density at radius 1 is 1.15 bits per heavy atom. The van der Waals surface area contributed by atoms with Crippen LogP contribution in [0.25, 0.3) is 0 Å². The maximum absolute atomic E-state index is 5.63. The summed E-state index contributed by atoms with van der Waals surface area (Å²) in [7, 11) is 0. The number of hydrogen-bond acceptors (Lipinski definition) is 3. The van der Waals surface area contributed by atoms with Gasteiger partial charge in [0.05, 0.1) is 0 Å². The first-order valence-electron chi connectivity index (χ1n) is 7.10. The van der Waals surface area contributed by atoms with Gasteiger partial charge in [-0.15, -0.1) is 0 Å². The summed E-state index contributed by atoms with van der Waals surface area (Å²) in [5.74, 6) is 0.913. The van der Waals surface area contributed by atoms with E-state index in [1.165, 1.54) is 16.7 Å². The highest BCUT2D eigenvalue weighted by Gasteiger charge is 2.22. The second-order valence-electron chi connectivity index (χ2n) is 5.12. The molecule has 3 heteroatoms. The molecule has 20 heavy (non-hydrogen) atoms. The Bertz CT molecular complexity index is 568. The maximum atomic E-state index is 5.63. The molecule has 0 saturated heterocycles. The van der Waals surface area contributed by atoms with Crippen molar-refractivity contribution in [2.75, 3.05) is 13.2 Å². The van der Waals surface area contributed by atoms with Gasteiger partial charge in [0.1, 0.15) is 12.4 Å². The molecule has 0 fully saturated rings. The Morgan fingerprint density at radius 2 is 2.00 bits per heavy atom. The first-order valence-corrected chi connectivity index (χ1v) is 7.10. The molecule has 2 aromatic carbocycles. The summed E-state index contributed by atoms with van der Waals surface area (Å²) in [6.45, 7) is 2.04. The fourth-order valence-electron chi connectivity index (χ4n) is 2.70. The van der Waals surface area contributed by atoms with Crippen LogP contribution in [-0.2, 0) is 13.0 Å². The molecule has 3 rings (SSSR count). The van der Waals surface area contributed by atoms with Crippen LogP contribution in [-0.4, -0.2) is 13.2 Å². The lowest BCUT2D eigenvalue weighted by Crippen LogP contribution is -2.14. The van der Waals surface area contributed by atoms with Gasteiger partial charge in [-0.2, -0.15) is 0 Å². The maximum Gasteiger partial charge on any atom is 0.119 e. The smallest absolute Gasteiger partial charge is 0.119 e. The van der Waals surface area contributed by atoms with Gasteiger partial charge in [0.2, 0.25) is 0 Å². The monoisotopic (exact) mass is 268 g/mol. The molecular weight excluding hydrogens is 248 g/mol. The molecular formula is C17H20N2O. The topological polar surface area (TPSA) is 47.3 Å². The van der Waals surface area contributed by atoms with Gasteiger partial charge in [-0.3, -0.25) is 0 Å². The zero-order chi connectivity index (χ0) is 13.8. The highest BCUT2D eigenvalue weighted by Crippen LogP contribution is 2.31. The molecule has 0 bridgehead atoms. The number of hydrogen-bond donors (Lipinski definition) is 2. The lowest BCUT2D eigenvalue weighted by atomic mass is 9.98. The average molecular weight is 268 g/mol. The summed E-state index contributed by atoms with van der Waals surface area (Å²) < 4.78 is 5.63. The van der Waals surface area contributed by atoms with Gasteiger partial charge in [-0.1, -0.05) is 36.4 Å². The molecule has 1 unspecified atom stereocenters. The number of ether oxygens (including phenoxy) is 1. The van der Waals surface area contributed by atoms with E-state index in [0.29, 0.717) is 19.2 Å². The van der Waals surface area contributed by atoms with Crippen molar-refractivity contribution < 1.29 is 4.74 Å². The summed E-state index contributed by atoms with van der Waals surface area (Å²) in [4.78, 5) is 0. The van der Waals surface area contributed by atoms with Crippen molar-refractivity contribution in [1.82, 2.24) is 5.32 Å². The van der Waals surface area contributed by atoms with E-state index in [1.54, 1.807) is 0 Å². The Morgan fingerprint density at radius 3 is 2.80 bits per heavy atom. The van der Waals surface area contributed by atoms with Crippen molar-refractivity contribution in [1.29, 1.82) is 0 Å². The van der Waals surface area contributed by atoms with Gasteiger partial charge in [-0.05, 0) is 35.2 Å². The summed E-state index contributed by atoms with van der Waals surface area (Å²) in [6.07, 6.45) is 1.01. The molecule has 1 atom stereocenters. The van der Waals surface area contributed by atoms with Crippen molar-refractivity contribution in [3.05, 3.63) is 65.2 Å². The van der Waals surface area contributed by atoms with Gasteiger partial charge in [0.15, 0.2) is 0 Å². The van der Waals surface area contributed by atoms with Crippen molar-refractivity contribution in [2.24, 2.45) is 5.73 Å². The van der Waals surface area contributed by atoms with E-state index in [4.69, 9.17) is 10.5 Å². The molecule has 0 spiro atoms. The van der Waals surface area contributed by atoms with E-state index in [-0.39, 0.29) is 0 Å². The average Bonchev–Trinajstić information content (AvgIpc) is 2.89. The minimum absolute atomic E-state index is 0.369. The minimum atomic E-state index is 0.369. The van der Waals surface area contributed by atoms with Crippen molar-refractivity contribution in [2.45, 2.75) is 19.0 Å². The second-order valence-corrected chi connectivity index (χ2v) is 5.12. The molecule has 104 valence electrons. The number of nitrogens with one attached hydrogen (secondary N) is 1. The standard InChI is InChI=1S/C17H20N2O/c18-8-9-20-15-7-6-14-12-19-17(16(14)11-15)10-13-4-2-1-3-5-13/h1-7,11,17,19H,8-10,12,18H2. The summed E-state index contributed by atoms with van der Waals surface area (Å²) in [5.41, 5.74) is 9.55. The molecule has 1 aliphatic rings. The third kappa shape index (κ3) is 2.84. The zero-order valence-electron chi connectivity index (χ0n) is 11.5. The van der Waals surface area contributed by atoms with Crippen LogP contribution in [0.5, 0.6) is 5.75 Å². The SMILES string of the molecule is NCCOc1ccc2c(c1)C(Cc1ccccc1)NC2. The molecule has 3 N–H and O–H groups in total. The lowest BCUT2D eigenvalue weighted by molar-refractivity contribution is 0.328. The Labute approximate surface area is 119 Å². The molecule has 0 aliphatic carbocycles. The number of nitrogens with two attached hydrogens (primary N) is 1. The highest BCUT2D eigenvalue weighted by molar-refractivity contribution is 5.41. The molecule has 1 heterocycles. The van der Waals surface area contributed by atoms with E-state index in [2.05, 4.69) is 47.8 Å². The van der Waals surface area contributed by atoms with Gasteiger partial charge in [0, 0.05) is 19.1 Å². The highest BCUT2D eigenvalue weighted by atomic mass is 16.5.